The molecular weight excluding hydrogens is 214 g/mol. The number of halogens is 2. The van der Waals surface area contributed by atoms with E-state index in [9.17, 15) is 13.9 Å². The average Bonchev–Trinajstić information content (AvgIpc) is 2.26. The standard InChI is InChI=1S/C11H10F2N2O/c12-10(13)6-15-11-9-5-8(16)2-1-7(9)3-4-14-11/h1-5,10,16H,6H2,(H,14,15). The van der Waals surface area contributed by atoms with E-state index in [-0.39, 0.29) is 5.75 Å². The van der Waals surface area contributed by atoms with E-state index in [4.69, 9.17) is 0 Å². The SMILES string of the molecule is Oc1ccc2ccnc(NCC(F)F)c2c1. The second-order valence-electron chi connectivity index (χ2n) is 3.34. The zero-order valence-electron chi connectivity index (χ0n) is 8.32. The van der Waals surface area contributed by atoms with Crippen molar-refractivity contribution in [1.29, 1.82) is 0 Å². The van der Waals surface area contributed by atoms with E-state index >= 15 is 0 Å². The summed E-state index contributed by atoms with van der Waals surface area (Å²) in [5.41, 5.74) is 0. The number of aromatic hydroxyl groups is 1. The van der Waals surface area contributed by atoms with Gasteiger partial charge >= 0.3 is 0 Å². The van der Waals surface area contributed by atoms with Crippen molar-refractivity contribution in [3.05, 3.63) is 30.5 Å². The second-order valence-corrected chi connectivity index (χ2v) is 3.34. The smallest absolute Gasteiger partial charge is 0.255 e. The lowest BCUT2D eigenvalue weighted by atomic mass is 10.1. The van der Waals surface area contributed by atoms with Gasteiger partial charge in [0.25, 0.3) is 6.43 Å². The van der Waals surface area contributed by atoms with Crippen molar-refractivity contribution in [2.24, 2.45) is 0 Å². The summed E-state index contributed by atoms with van der Waals surface area (Å²) in [6.07, 6.45) is -0.901. The largest absolute Gasteiger partial charge is 0.508 e. The van der Waals surface area contributed by atoms with Gasteiger partial charge in [-0.1, -0.05) is 6.07 Å². The molecule has 0 spiro atoms. The zero-order chi connectivity index (χ0) is 11.5. The van der Waals surface area contributed by atoms with E-state index in [1.165, 1.54) is 12.3 Å². The number of alkyl halides is 2. The topological polar surface area (TPSA) is 45.2 Å². The van der Waals surface area contributed by atoms with E-state index in [1.54, 1.807) is 18.2 Å². The Balaban J connectivity index is 2.40. The van der Waals surface area contributed by atoms with Crippen molar-refractivity contribution in [3.63, 3.8) is 0 Å². The van der Waals surface area contributed by atoms with Gasteiger partial charge in [-0.3, -0.25) is 0 Å². The number of anilines is 1. The van der Waals surface area contributed by atoms with Crippen molar-refractivity contribution in [3.8, 4) is 5.75 Å². The van der Waals surface area contributed by atoms with Crippen LogP contribution in [0.4, 0.5) is 14.6 Å². The summed E-state index contributed by atoms with van der Waals surface area (Å²) in [5.74, 6) is 0.439. The molecule has 1 aromatic carbocycles. The van der Waals surface area contributed by atoms with Crippen LogP contribution in [0.5, 0.6) is 5.75 Å². The highest BCUT2D eigenvalue weighted by molar-refractivity contribution is 5.92. The molecule has 0 aliphatic rings. The Labute approximate surface area is 90.7 Å². The van der Waals surface area contributed by atoms with E-state index in [0.717, 1.165) is 5.39 Å². The van der Waals surface area contributed by atoms with Crippen LogP contribution in [0.2, 0.25) is 0 Å². The number of nitrogens with one attached hydrogen (secondary N) is 1. The number of fused-ring (bicyclic) bond motifs is 1. The van der Waals surface area contributed by atoms with Gasteiger partial charge in [-0.15, -0.1) is 0 Å². The molecule has 0 aliphatic heterocycles. The normalized spacial score (nSPS) is 10.9. The fourth-order valence-corrected chi connectivity index (χ4v) is 1.47. The highest BCUT2D eigenvalue weighted by atomic mass is 19.3. The van der Waals surface area contributed by atoms with Gasteiger partial charge in [-0.05, 0) is 23.6 Å². The Morgan fingerprint density at radius 1 is 1.31 bits per heavy atom. The van der Waals surface area contributed by atoms with Crippen LogP contribution < -0.4 is 5.32 Å². The van der Waals surface area contributed by atoms with E-state index in [1.807, 2.05) is 0 Å². The Morgan fingerprint density at radius 2 is 2.12 bits per heavy atom. The molecule has 3 nitrogen and oxygen atoms in total. The van der Waals surface area contributed by atoms with Crippen LogP contribution in [-0.2, 0) is 0 Å². The minimum absolute atomic E-state index is 0.0839. The second kappa shape index (κ2) is 4.30. The number of hydrogen-bond acceptors (Lipinski definition) is 3. The number of benzene rings is 1. The molecule has 16 heavy (non-hydrogen) atoms. The van der Waals surface area contributed by atoms with E-state index in [0.29, 0.717) is 11.2 Å². The van der Waals surface area contributed by atoms with Gasteiger partial charge in [-0.2, -0.15) is 0 Å². The predicted octanol–water partition coefficient (Wildman–Crippen LogP) is 2.62. The summed E-state index contributed by atoms with van der Waals surface area (Å²) in [6, 6.07) is 6.50. The molecular formula is C11H10F2N2O. The summed E-state index contributed by atoms with van der Waals surface area (Å²) >= 11 is 0. The minimum Gasteiger partial charge on any atom is -0.508 e. The number of nitrogens with zero attached hydrogens (tertiary/aromatic N) is 1. The number of aromatic nitrogens is 1. The molecule has 2 N–H and O–H groups in total. The maximum atomic E-state index is 12.1. The van der Waals surface area contributed by atoms with Crippen molar-refractivity contribution >= 4 is 16.6 Å². The zero-order valence-corrected chi connectivity index (χ0v) is 8.32. The van der Waals surface area contributed by atoms with E-state index < -0.39 is 13.0 Å². The summed E-state index contributed by atoms with van der Waals surface area (Å²) in [6.45, 7) is -0.457. The first-order valence-corrected chi connectivity index (χ1v) is 4.76. The summed E-state index contributed by atoms with van der Waals surface area (Å²) in [4.78, 5) is 3.96. The predicted molar refractivity (Wildman–Crippen MR) is 57.9 cm³/mol. The van der Waals surface area contributed by atoms with Crippen LogP contribution in [-0.4, -0.2) is 23.1 Å². The molecule has 1 heterocycles. The summed E-state index contributed by atoms with van der Waals surface area (Å²) < 4.78 is 24.1. The van der Waals surface area contributed by atoms with Crippen LogP contribution in [0.25, 0.3) is 10.8 Å². The molecule has 5 heteroatoms. The van der Waals surface area contributed by atoms with Crippen LogP contribution in [0.1, 0.15) is 0 Å². The lowest BCUT2D eigenvalue weighted by Gasteiger charge is -2.08. The van der Waals surface area contributed by atoms with Gasteiger partial charge in [0, 0.05) is 11.6 Å². The van der Waals surface area contributed by atoms with Crippen LogP contribution >= 0.6 is 0 Å². The Hall–Kier alpha value is -1.91. The third-order valence-electron chi connectivity index (χ3n) is 2.17. The fourth-order valence-electron chi connectivity index (χ4n) is 1.47. The number of hydrogen-bond donors (Lipinski definition) is 2. The van der Waals surface area contributed by atoms with Gasteiger partial charge in [0.05, 0.1) is 6.54 Å². The number of phenols is 1. The lowest BCUT2D eigenvalue weighted by molar-refractivity contribution is 0.163. The highest BCUT2D eigenvalue weighted by Crippen LogP contribution is 2.24. The van der Waals surface area contributed by atoms with Crippen molar-refractivity contribution in [1.82, 2.24) is 4.98 Å². The number of phenolic OH excluding ortho intramolecular Hbond substituents is 1. The van der Waals surface area contributed by atoms with Crippen molar-refractivity contribution in [2.75, 3.05) is 11.9 Å². The van der Waals surface area contributed by atoms with Gasteiger partial charge in [0.15, 0.2) is 0 Å². The quantitative estimate of drug-likeness (QED) is 0.842. The first-order valence-electron chi connectivity index (χ1n) is 4.76. The van der Waals surface area contributed by atoms with Gasteiger partial charge in [0.1, 0.15) is 11.6 Å². The molecule has 0 amide bonds. The molecule has 0 aliphatic carbocycles. The van der Waals surface area contributed by atoms with Crippen LogP contribution in [0, 0.1) is 0 Å². The lowest BCUT2D eigenvalue weighted by Crippen LogP contribution is -2.11. The van der Waals surface area contributed by atoms with E-state index in [2.05, 4.69) is 10.3 Å². The monoisotopic (exact) mass is 224 g/mol. The molecule has 0 saturated heterocycles. The number of pyridine rings is 1. The van der Waals surface area contributed by atoms with Crippen molar-refractivity contribution < 1.29 is 13.9 Å². The Bertz CT molecular complexity index is 502. The maximum Gasteiger partial charge on any atom is 0.255 e. The van der Waals surface area contributed by atoms with Gasteiger partial charge in [-0.25, -0.2) is 13.8 Å². The molecule has 0 saturated carbocycles. The Kier molecular flexibility index (Phi) is 2.85. The first kappa shape index (κ1) is 10.6. The van der Waals surface area contributed by atoms with Crippen LogP contribution in [0.3, 0.4) is 0 Å². The third kappa shape index (κ3) is 2.18. The fraction of sp³-hybridized carbons (Fsp3) is 0.182. The summed E-state index contributed by atoms with van der Waals surface area (Å²) in [5, 5.41) is 13.3. The molecule has 0 radical (unpaired) electrons. The molecule has 0 unspecified atom stereocenters. The molecule has 0 fully saturated rings. The highest BCUT2D eigenvalue weighted by Gasteiger charge is 2.06. The molecule has 2 rings (SSSR count). The molecule has 0 bridgehead atoms. The first-order chi connectivity index (χ1) is 7.66. The summed E-state index contributed by atoms with van der Waals surface area (Å²) in [7, 11) is 0. The number of rotatable bonds is 3. The van der Waals surface area contributed by atoms with Gasteiger partial charge in [0.2, 0.25) is 0 Å². The minimum atomic E-state index is -2.44. The Morgan fingerprint density at radius 3 is 2.88 bits per heavy atom. The van der Waals surface area contributed by atoms with Gasteiger partial charge < -0.3 is 10.4 Å². The van der Waals surface area contributed by atoms with Crippen LogP contribution in [0.15, 0.2) is 30.5 Å². The molecule has 84 valence electrons. The molecule has 2 aromatic rings. The van der Waals surface area contributed by atoms with Crippen molar-refractivity contribution in [2.45, 2.75) is 6.43 Å². The maximum absolute atomic E-state index is 12.1. The third-order valence-corrected chi connectivity index (χ3v) is 2.17. The molecule has 1 aromatic heterocycles. The molecule has 0 atom stereocenters. The average molecular weight is 224 g/mol.